The third kappa shape index (κ3) is 5.37. The van der Waals surface area contributed by atoms with Gasteiger partial charge < -0.3 is 10.6 Å². The summed E-state index contributed by atoms with van der Waals surface area (Å²) in [6.45, 7) is 7.06. The molecule has 2 N–H and O–H groups in total. The average molecular weight is 294 g/mol. The van der Waals surface area contributed by atoms with Gasteiger partial charge in [-0.25, -0.2) is 4.39 Å². The highest BCUT2D eigenvalue weighted by Gasteiger charge is 2.20. The number of unbranched alkanes of at least 4 members (excludes halogenated alkanes) is 2. The maximum atomic E-state index is 13.6. The van der Waals surface area contributed by atoms with E-state index in [0.717, 1.165) is 6.42 Å². The number of rotatable bonds is 8. The second kappa shape index (κ2) is 8.01. The molecule has 1 aromatic carbocycles. The lowest BCUT2D eigenvalue weighted by molar-refractivity contribution is 0.0934. The van der Waals surface area contributed by atoms with Crippen LogP contribution in [0.2, 0.25) is 0 Å². The van der Waals surface area contributed by atoms with Gasteiger partial charge in [-0.15, -0.1) is 0 Å². The summed E-state index contributed by atoms with van der Waals surface area (Å²) in [5.74, 6) is -0.644. The molecule has 0 unspecified atom stereocenters. The van der Waals surface area contributed by atoms with Crippen molar-refractivity contribution in [1.82, 2.24) is 5.32 Å². The van der Waals surface area contributed by atoms with Crippen LogP contribution in [0, 0.1) is 11.2 Å². The fraction of sp³-hybridized carbons (Fsp3) is 0.588. The van der Waals surface area contributed by atoms with Crippen LogP contribution >= 0.6 is 0 Å². The van der Waals surface area contributed by atoms with Gasteiger partial charge in [0.1, 0.15) is 5.82 Å². The number of carbonyl (C=O) groups is 1. The standard InChI is InChI=1S/C17H27FN2O/c1-5-6-7-11-17(2,3)12-20-16(21)13-9-8-10-14(18)15(13)19-4/h8-10,19H,5-7,11-12H2,1-4H3,(H,20,21). The molecular formula is C17H27FN2O. The Kier molecular flexibility index (Phi) is 6.66. The minimum Gasteiger partial charge on any atom is -0.385 e. The van der Waals surface area contributed by atoms with Crippen LogP contribution in [-0.2, 0) is 0 Å². The van der Waals surface area contributed by atoms with E-state index in [0.29, 0.717) is 12.1 Å². The van der Waals surface area contributed by atoms with Crippen LogP contribution in [0.1, 0.15) is 56.8 Å². The highest BCUT2D eigenvalue weighted by Crippen LogP contribution is 2.24. The predicted molar refractivity (Wildman–Crippen MR) is 86.2 cm³/mol. The third-order valence-electron chi connectivity index (χ3n) is 3.69. The molecule has 0 radical (unpaired) electrons. The van der Waals surface area contributed by atoms with Crippen LogP contribution in [0.25, 0.3) is 0 Å². The van der Waals surface area contributed by atoms with Crippen molar-refractivity contribution in [3.05, 3.63) is 29.6 Å². The van der Waals surface area contributed by atoms with Crippen LogP contribution < -0.4 is 10.6 Å². The average Bonchev–Trinajstić information content (AvgIpc) is 2.44. The number of hydrogen-bond acceptors (Lipinski definition) is 2. The molecule has 0 fully saturated rings. The highest BCUT2D eigenvalue weighted by molar-refractivity contribution is 5.99. The van der Waals surface area contributed by atoms with Gasteiger partial charge in [-0.05, 0) is 24.0 Å². The van der Waals surface area contributed by atoms with Gasteiger partial charge in [0, 0.05) is 13.6 Å². The number of hydrogen-bond donors (Lipinski definition) is 2. The summed E-state index contributed by atoms with van der Waals surface area (Å²) in [5.41, 5.74) is 0.651. The Morgan fingerprint density at radius 2 is 2.00 bits per heavy atom. The van der Waals surface area contributed by atoms with Crippen molar-refractivity contribution >= 4 is 11.6 Å². The SMILES string of the molecule is CCCCCC(C)(C)CNC(=O)c1cccc(F)c1NC. The van der Waals surface area contributed by atoms with Crippen LogP contribution in [0.4, 0.5) is 10.1 Å². The summed E-state index contributed by atoms with van der Waals surface area (Å²) in [6.07, 6.45) is 4.65. The second-order valence-electron chi connectivity index (χ2n) is 6.22. The first-order valence-electron chi connectivity index (χ1n) is 7.65. The van der Waals surface area contributed by atoms with E-state index in [4.69, 9.17) is 0 Å². The lowest BCUT2D eigenvalue weighted by Gasteiger charge is -2.25. The molecule has 118 valence electrons. The Morgan fingerprint density at radius 3 is 2.62 bits per heavy atom. The normalized spacial score (nSPS) is 11.3. The third-order valence-corrected chi connectivity index (χ3v) is 3.69. The monoisotopic (exact) mass is 294 g/mol. The van der Waals surface area contributed by atoms with Gasteiger partial charge in [0.05, 0.1) is 11.3 Å². The van der Waals surface area contributed by atoms with Gasteiger partial charge in [0.15, 0.2) is 0 Å². The lowest BCUT2D eigenvalue weighted by atomic mass is 9.87. The molecule has 1 rings (SSSR count). The Morgan fingerprint density at radius 1 is 1.29 bits per heavy atom. The summed E-state index contributed by atoms with van der Waals surface area (Å²) in [4.78, 5) is 12.2. The topological polar surface area (TPSA) is 41.1 Å². The van der Waals surface area contributed by atoms with Crippen molar-refractivity contribution < 1.29 is 9.18 Å². The van der Waals surface area contributed by atoms with E-state index in [1.807, 2.05) is 0 Å². The Bertz CT molecular complexity index is 472. The first kappa shape index (κ1) is 17.5. The molecule has 0 atom stereocenters. The highest BCUT2D eigenvalue weighted by atomic mass is 19.1. The van der Waals surface area contributed by atoms with Crippen LogP contribution in [0.5, 0.6) is 0 Å². The van der Waals surface area contributed by atoms with Gasteiger partial charge in [-0.1, -0.05) is 46.1 Å². The van der Waals surface area contributed by atoms with Gasteiger partial charge in [-0.3, -0.25) is 4.79 Å². The molecule has 0 heterocycles. The van der Waals surface area contributed by atoms with Crippen LogP contribution in [0.3, 0.4) is 0 Å². The molecule has 1 aromatic rings. The van der Waals surface area contributed by atoms with Crippen molar-refractivity contribution in [1.29, 1.82) is 0 Å². The summed E-state index contributed by atoms with van der Waals surface area (Å²) >= 11 is 0. The molecule has 0 bridgehead atoms. The maximum Gasteiger partial charge on any atom is 0.253 e. The first-order valence-corrected chi connectivity index (χ1v) is 7.65. The molecule has 0 aromatic heterocycles. The van der Waals surface area contributed by atoms with Crippen LogP contribution in [-0.4, -0.2) is 19.5 Å². The Labute approximate surface area is 127 Å². The summed E-state index contributed by atoms with van der Waals surface area (Å²) in [6, 6.07) is 4.53. The van der Waals surface area contributed by atoms with E-state index in [9.17, 15) is 9.18 Å². The fourth-order valence-corrected chi connectivity index (χ4v) is 2.32. The molecule has 0 aliphatic carbocycles. The van der Waals surface area contributed by atoms with E-state index >= 15 is 0 Å². The van der Waals surface area contributed by atoms with E-state index < -0.39 is 5.82 Å². The van der Waals surface area contributed by atoms with E-state index in [1.54, 1.807) is 19.2 Å². The molecule has 0 aliphatic heterocycles. The maximum absolute atomic E-state index is 13.6. The molecule has 21 heavy (non-hydrogen) atoms. The number of nitrogens with one attached hydrogen (secondary N) is 2. The van der Waals surface area contributed by atoms with Crippen molar-refractivity contribution in [3.63, 3.8) is 0 Å². The number of carbonyl (C=O) groups excluding carboxylic acids is 1. The zero-order valence-electron chi connectivity index (χ0n) is 13.6. The molecule has 1 amide bonds. The number of para-hydroxylation sites is 1. The van der Waals surface area contributed by atoms with Gasteiger partial charge in [0.2, 0.25) is 0 Å². The molecule has 3 nitrogen and oxygen atoms in total. The first-order chi connectivity index (χ1) is 9.91. The molecule has 0 saturated heterocycles. The quantitative estimate of drug-likeness (QED) is 0.705. The molecule has 0 aliphatic rings. The second-order valence-corrected chi connectivity index (χ2v) is 6.22. The van der Waals surface area contributed by atoms with Gasteiger partial charge in [-0.2, -0.15) is 0 Å². The van der Waals surface area contributed by atoms with Gasteiger partial charge >= 0.3 is 0 Å². The van der Waals surface area contributed by atoms with E-state index in [-0.39, 0.29) is 17.0 Å². The smallest absolute Gasteiger partial charge is 0.253 e. The lowest BCUT2D eigenvalue weighted by Crippen LogP contribution is -2.34. The molecule has 0 spiro atoms. The van der Waals surface area contributed by atoms with E-state index in [1.165, 1.54) is 25.3 Å². The van der Waals surface area contributed by atoms with Crippen molar-refractivity contribution in [2.75, 3.05) is 18.9 Å². The number of anilines is 1. The van der Waals surface area contributed by atoms with Crippen molar-refractivity contribution in [2.45, 2.75) is 46.5 Å². The molecular weight excluding hydrogens is 267 g/mol. The number of halogens is 1. The van der Waals surface area contributed by atoms with E-state index in [2.05, 4.69) is 31.4 Å². The Balaban J connectivity index is 2.63. The minimum atomic E-state index is -0.410. The minimum absolute atomic E-state index is 0.0535. The van der Waals surface area contributed by atoms with Crippen molar-refractivity contribution in [3.8, 4) is 0 Å². The zero-order valence-corrected chi connectivity index (χ0v) is 13.6. The Hall–Kier alpha value is -1.58. The fourth-order valence-electron chi connectivity index (χ4n) is 2.32. The largest absolute Gasteiger partial charge is 0.385 e. The molecule has 0 saturated carbocycles. The number of benzene rings is 1. The zero-order chi connectivity index (χ0) is 15.9. The van der Waals surface area contributed by atoms with Crippen molar-refractivity contribution in [2.24, 2.45) is 5.41 Å². The molecule has 4 heteroatoms. The summed E-state index contributed by atoms with van der Waals surface area (Å²) < 4.78 is 13.6. The predicted octanol–water partition coefficient (Wildman–Crippen LogP) is 4.20. The van der Waals surface area contributed by atoms with Gasteiger partial charge in [0.25, 0.3) is 5.91 Å². The summed E-state index contributed by atoms with van der Waals surface area (Å²) in [5, 5.41) is 5.67. The number of amides is 1. The van der Waals surface area contributed by atoms with Crippen LogP contribution in [0.15, 0.2) is 18.2 Å². The summed E-state index contributed by atoms with van der Waals surface area (Å²) in [7, 11) is 1.61.